The maximum atomic E-state index is 13.1. The van der Waals surface area contributed by atoms with Crippen molar-refractivity contribution in [1.29, 1.82) is 0 Å². The molecule has 0 radical (unpaired) electrons. The topological polar surface area (TPSA) is 84.2 Å². The van der Waals surface area contributed by atoms with Gasteiger partial charge in [-0.3, -0.25) is 14.6 Å². The van der Waals surface area contributed by atoms with Gasteiger partial charge in [-0.15, -0.1) is 0 Å². The van der Waals surface area contributed by atoms with Gasteiger partial charge in [0.2, 0.25) is 0 Å². The zero-order valence-corrected chi connectivity index (χ0v) is 15.8. The van der Waals surface area contributed by atoms with Crippen LogP contribution in [0.1, 0.15) is 23.8 Å². The lowest BCUT2D eigenvalue weighted by molar-refractivity contribution is 0.0740. The average Bonchev–Trinajstić information content (AvgIpc) is 2.76. The molecule has 28 heavy (non-hydrogen) atoms. The summed E-state index contributed by atoms with van der Waals surface area (Å²) < 4.78 is 1.80. The maximum Gasteiger partial charge on any atom is 0.294 e. The van der Waals surface area contributed by atoms with Crippen molar-refractivity contribution < 1.29 is 4.79 Å². The Morgan fingerprint density at radius 3 is 2.61 bits per heavy atom. The van der Waals surface area contributed by atoms with E-state index in [4.69, 9.17) is 0 Å². The first-order valence-electron chi connectivity index (χ1n) is 9.49. The van der Waals surface area contributed by atoms with Crippen LogP contribution in [-0.4, -0.2) is 56.5 Å². The first-order chi connectivity index (χ1) is 13.7. The van der Waals surface area contributed by atoms with Crippen molar-refractivity contribution in [3.05, 3.63) is 58.9 Å². The zero-order valence-electron chi connectivity index (χ0n) is 15.8. The summed E-state index contributed by atoms with van der Waals surface area (Å²) in [6.07, 6.45) is 5.40. The highest BCUT2D eigenvalue weighted by molar-refractivity contribution is 5.92. The molecule has 1 aliphatic heterocycles. The minimum Gasteiger partial charge on any atom is -0.348 e. The summed E-state index contributed by atoms with van der Waals surface area (Å²) >= 11 is 0. The Morgan fingerprint density at radius 1 is 1.11 bits per heavy atom. The van der Waals surface area contributed by atoms with E-state index in [1.807, 2.05) is 29.2 Å². The predicted molar refractivity (Wildman–Crippen MR) is 106 cm³/mol. The van der Waals surface area contributed by atoms with Crippen LogP contribution < -0.4 is 10.5 Å². The number of benzene rings is 1. The Balaban J connectivity index is 1.58. The molecule has 8 heteroatoms. The molecule has 0 N–H and O–H groups in total. The highest BCUT2D eigenvalue weighted by Gasteiger charge is 2.26. The molecule has 1 amide bonds. The summed E-state index contributed by atoms with van der Waals surface area (Å²) in [5.74, 6) is 0.321. The van der Waals surface area contributed by atoms with E-state index in [2.05, 4.69) is 21.9 Å². The minimum absolute atomic E-state index is 0.0748. The van der Waals surface area contributed by atoms with Crippen LogP contribution in [0, 0.1) is 0 Å². The quantitative estimate of drug-likeness (QED) is 0.685. The number of rotatable bonds is 4. The largest absolute Gasteiger partial charge is 0.348 e. The third-order valence-corrected chi connectivity index (χ3v) is 4.93. The van der Waals surface area contributed by atoms with Crippen LogP contribution in [0.4, 0.5) is 5.82 Å². The number of fused-ring (bicyclic) bond motifs is 1. The Bertz CT molecular complexity index is 1040. The summed E-state index contributed by atoms with van der Waals surface area (Å²) in [5.41, 5.74) is 1.93. The highest BCUT2D eigenvalue weighted by Crippen LogP contribution is 2.17. The molecule has 0 aliphatic carbocycles. The van der Waals surface area contributed by atoms with E-state index in [0.29, 0.717) is 44.2 Å². The number of aryl methyl sites for hydroxylation is 1. The van der Waals surface area contributed by atoms with Crippen LogP contribution in [0.25, 0.3) is 11.0 Å². The molecule has 1 saturated heterocycles. The Kier molecular flexibility index (Phi) is 5.01. The molecule has 8 nitrogen and oxygen atoms in total. The second kappa shape index (κ2) is 7.75. The van der Waals surface area contributed by atoms with E-state index in [9.17, 15) is 9.59 Å². The summed E-state index contributed by atoms with van der Waals surface area (Å²) in [7, 11) is 0. The van der Waals surface area contributed by atoms with Crippen molar-refractivity contribution in [3.63, 3.8) is 0 Å². The molecule has 1 aliphatic rings. The van der Waals surface area contributed by atoms with Crippen molar-refractivity contribution in [2.45, 2.75) is 19.9 Å². The van der Waals surface area contributed by atoms with Gasteiger partial charge in [0.15, 0.2) is 5.82 Å². The summed E-state index contributed by atoms with van der Waals surface area (Å²) in [5, 5.41) is 0. The number of carbonyl (C=O) groups excluding carboxylic acids is 1. The summed E-state index contributed by atoms with van der Waals surface area (Å²) in [4.78, 5) is 42.0. The van der Waals surface area contributed by atoms with Crippen LogP contribution in [0.3, 0.4) is 0 Å². The van der Waals surface area contributed by atoms with Crippen LogP contribution in [-0.2, 0) is 6.54 Å². The van der Waals surface area contributed by atoms with E-state index in [0.717, 1.165) is 17.5 Å². The number of aromatic nitrogens is 4. The number of amides is 1. The number of anilines is 1. The van der Waals surface area contributed by atoms with Gasteiger partial charge in [0, 0.05) is 45.1 Å². The van der Waals surface area contributed by atoms with E-state index in [1.165, 1.54) is 12.4 Å². The van der Waals surface area contributed by atoms with Crippen molar-refractivity contribution >= 4 is 22.8 Å². The lowest BCUT2D eigenvalue weighted by atomic mass is 10.2. The molecule has 0 bridgehead atoms. The normalized spacial score (nSPS) is 14.5. The fourth-order valence-electron chi connectivity index (χ4n) is 3.52. The molecule has 1 aromatic carbocycles. The highest BCUT2D eigenvalue weighted by atomic mass is 16.2. The molecule has 1 fully saturated rings. The van der Waals surface area contributed by atoms with Gasteiger partial charge in [-0.05, 0) is 18.6 Å². The van der Waals surface area contributed by atoms with E-state index >= 15 is 0 Å². The smallest absolute Gasteiger partial charge is 0.294 e. The number of hydrogen-bond acceptors (Lipinski definition) is 6. The molecule has 0 saturated carbocycles. The monoisotopic (exact) mass is 378 g/mol. The molecule has 144 valence electrons. The summed E-state index contributed by atoms with van der Waals surface area (Å²) in [6.45, 7) is 4.84. The minimum atomic E-state index is -0.136. The van der Waals surface area contributed by atoms with Crippen LogP contribution in [0.15, 0.2) is 47.7 Å². The van der Waals surface area contributed by atoms with E-state index < -0.39 is 0 Å². The van der Waals surface area contributed by atoms with Gasteiger partial charge in [0.25, 0.3) is 11.5 Å². The van der Waals surface area contributed by atoms with Crippen molar-refractivity contribution in [2.75, 3.05) is 31.1 Å². The Labute approximate surface area is 162 Å². The number of carbonyl (C=O) groups is 1. The van der Waals surface area contributed by atoms with Crippen molar-refractivity contribution in [1.82, 2.24) is 24.4 Å². The number of hydrogen-bond donors (Lipinski definition) is 0. The number of nitrogens with zero attached hydrogens (tertiary/aromatic N) is 6. The first kappa shape index (κ1) is 18.1. The van der Waals surface area contributed by atoms with Gasteiger partial charge in [0.05, 0.1) is 17.2 Å². The fraction of sp³-hybridized carbons (Fsp3) is 0.350. The van der Waals surface area contributed by atoms with Gasteiger partial charge >= 0.3 is 0 Å². The first-order valence-corrected chi connectivity index (χ1v) is 9.49. The molecular weight excluding hydrogens is 356 g/mol. The second-order valence-electron chi connectivity index (χ2n) is 6.75. The Morgan fingerprint density at radius 2 is 1.89 bits per heavy atom. The van der Waals surface area contributed by atoms with E-state index in [-0.39, 0.29) is 11.5 Å². The SMILES string of the molecule is CCCn1c(=O)c(N2CCN(C(=O)c3cnccn3)CC2)nc2ccccc21. The molecule has 0 unspecified atom stereocenters. The summed E-state index contributed by atoms with van der Waals surface area (Å²) in [6, 6.07) is 7.71. The van der Waals surface area contributed by atoms with Gasteiger partial charge in [-0.2, -0.15) is 0 Å². The third-order valence-electron chi connectivity index (χ3n) is 4.93. The lowest BCUT2D eigenvalue weighted by Crippen LogP contribution is -2.50. The van der Waals surface area contributed by atoms with Gasteiger partial charge in [-0.1, -0.05) is 19.1 Å². The third kappa shape index (κ3) is 3.33. The molecule has 4 rings (SSSR count). The lowest BCUT2D eigenvalue weighted by Gasteiger charge is -2.35. The van der Waals surface area contributed by atoms with Gasteiger partial charge < -0.3 is 14.4 Å². The van der Waals surface area contributed by atoms with Gasteiger partial charge in [-0.25, -0.2) is 9.97 Å². The average molecular weight is 378 g/mol. The molecule has 0 spiro atoms. The molecular formula is C20H22N6O2. The molecule has 3 aromatic rings. The van der Waals surface area contributed by atoms with E-state index in [1.54, 1.807) is 15.7 Å². The van der Waals surface area contributed by atoms with Crippen molar-refractivity contribution in [2.24, 2.45) is 0 Å². The zero-order chi connectivity index (χ0) is 19.5. The van der Waals surface area contributed by atoms with Crippen LogP contribution in [0.5, 0.6) is 0 Å². The van der Waals surface area contributed by atoms with Gasteiger partial charge in [0.1, 0.15) is 5.69 Å². The number of para-hydroxylation sites is 2. The maximum absolute atomic E-state index is 13.1. The second-order valence-corrected chi connectivity index (χ2v) is 6.75. The molecule has 3 heterocycles. The Hall–Kier alpha value is -3.29. The van der Waals surface area contributed by atoms with Crippen LogP contribution in [0.2, 0.25) is 0 Å². The number of piperazine rings is 1. The predicted octanol–water partition coefficient (Wildman–Crippen LogP) is 1.56. The fourth-order valence-corrected chi connectivity index (χ4v) is 3.52. The standard InChI is InChI=1S/C20H22N6O2/c1-2-9-26-17-6-4-3-5-15(17)23-18(20(26)28)24-10-12-25(13-11-24)19(27)16-14-21-7-8-22-16/h3-8,14H,2,9-13H2,1H3. The van der Waals surface area contributed by atoms with Crippen molar-refractivity contribution in [3.8, 4) is 0 Å². The molecule has 0 atom stereocenters. The molecule has 2 aromatic heterocycles. The van der Waals surface area contributed by atoms with Crippen LogP contribution >= 0.6 is 0 Å².